The smallest absolute Gasteiger partial charge is 0.326 e. The molecule has 0 aromatic carbocycles. The lowest BCUT2D eigenvalue weighted by Crippen LogP contribution is -2.42. The van der Waals surface area contributed by atoms with E-state index < -0.39 is 27.8 Å². The number of hydrogen-bond acceptors (Lipinski definition) is 4. The average molecular weight is 265 g/mol. The first-order valence-corrected chi connectivity index (χ1v) is 7.37. The maximum atomic E-state index is 11.3. The summed E-state index contributed by atoms with van der Waals surface area (Å²) in [5.41, 5.74) is 0. The van der Waals surface area contributed by atoms with Crippen LogP contribution in [0.1, 0.15) is 26.7 Å². The predicted molar refractivity (Wildman–Crippen MR) is 63.3 cm³/mol. The largest absolute Gasteiger partial charge is 0.480 e. The van der Waals surface area contributed by atoms with E-state index in [-0.39, 0.29) is 18.1 Å². The third-order valence-electron chi connectivity index (χ3n) is 2.04. The summed E-state index contributed by atoms with van der Waals surface area (Å²) in [6.07, 6.45) is 1.14. The highest BCUT2D eigenvalue weighted by Crippen LogP contribution is 2.05. The van der Waals surface area contributed by atoms with Gasteiger partial charge in [0, 0.05) is 12.7 Å². The van der Waals surface area contributed by atoms with Crippen molar-refractivity contribution in [2.45, 2.75) is 32.7 Å². The van der Waals surface area contributed by atoms with Crippen molar-refractivity contribution >= 4 is 21.7 Å². The van der Waals surface area contributed by atoms with E-state index in [4.69, 9.17) is 5.11 Å². The van der Waals surface area contributed by atoms with Crippen LogP contribution in [0.15, 0.2) is 0 Å². The molecule has 0 saturated carbocycles. The highest BCUT2D eigenvalue weighted by molar-refractivity contribution is 7.90. The molecule has 1 amide bonds. The number of carbonyl (C=O) groups excluding carboxylic acids is 1. The van der Waals surface area contributed by atoms with Crippen molar-refractivity contribution < 1.29 is 23.1 Å². The summed E-state index contributed by atoms with van der Waals surface area (Å²) >= 11 is 0. The highest BCUT2D eigenvalue weighted by atomic mass is 32.2. The Kier molecular flexibility index (Phi) is 6.15. The van der Waals surface area contributed by atoms with Gasteiger partial charge in [-0.1, -0.05) is 13.8 Å². The summed E-state index contributed by atoms with van der Waals surface area (Å²) in [6, 6.07) is -0.956. The molecule has 0 aliphatic rings. The molecular weight excluding hydrogens is 246 g/mol. The quantitative estimate of drug-likeness (QED) is 0.676. The second-order valence-corrected chi connectivity index (χ2v) is 6.73. The lowest BCUT2D eigenvalue weighted by molar-refractivity contribution is -0.142. The van der Waals surface area contributed by atoms with Crippen molar-refractivity contribution in [3.8, 4) is 0 Å². The van der Waals surface area contributed by atoms with Gasteiger partial charge in [-0.3, -0.25) is 4.79 Å². The first kappa shape index (κ1) is 15.9. The van der Waals surface area contributed by atoms with Gasteiger partial charge in [-0.2, -0.15) is 0 Å². The van der Waals surface area contributed by atoms with E-state index in [0.29, 0.717) is 6.42 Å². The Balaban J connectivity index is 4.27. The van der Waals surface area contributed by atoms with Gasteiger partial charge in [-0.05, 0) is 12.3 Å². The summed E-state index contributed by atoms with van der Waals surface area (Å²) in [6.45, 7) is 3.69. The van der Waals surface area contributed by atoms with E-state index in [1.165, 1.54) is 0 Å². The molecule has 0 aromatic heterocycles. The van der Waals surface area contributed by atoms with E-state index in [1.807, 2.05) is 13.8 Å². The zero-order chi connectivity index (χ0) is 13.6. The maximum absolute atomic E-state index is 11.3. The first-order valence-electron chi connectivity index (χ1n) is 5.31. The second-order valence-electron chi connectivity index (χ2n) is 4.47. The highest BCUT2D eigenvalue weighted by Gasteiger charge is 2.21. The van der Waals surface area contributed by atoms with E-state index >= 15 is 0 Å². The van der Waals surface area contributed by atoms with Gasteiger partial charge in [0.2, 0.25) is 5.91 Å². The minimum Gasteiger partial charge on any atom is -0.480 e. The molecule has 0 saturated heterocycles. The fourth-order valence-corrected chi connectivity index (χ4v) is 1.79. The lowest BCUT2D eigenvalue weighted by atomic mass is 10.0. The van der Waals surface area contributed by atoms with Crippen LogP contribution in [-0.2, 0) is 19.4 Å². The molecule has 0 fully saturated rings. The fourth-order valence-electron chi connectivity index (χ4n) is 1.24. The molecule has 17 heavy (non-hydrogen) atoms. The van der Waals surface area contributed by atoms with Crippen LogP contribution < -0.4 is 5.32 Å². The van der Waals surface area contributed by atoms with Gasteiger partial charge in [-0.25, -0.2) is 13.2 Å². The molecule has 0 rings (SSSR count). The first-order chi connectivity index (χ1) is 7.61. The van der Waals surface area contributed by atoms with Crippen molar-refractivity contribution in [1.82, 2.24) is 5.32 Å². The van der Waals surface area contributed by atoms with Crippen LogP contribution in [0.25, 0.3) is 0 Å². The summed E-state index contributed by atoms with van der Waals surface area (Å²) in [7, 11) is -3.21. The Morgan fingerprint density at radius 1 is 1.29 bits per heavy atom. The Hall–Kier alpha value is -1.11. The zero-order valence-electron chi connectivity index (χ0n) is 10.3. The molecule has 0 aliphatic heterocycles. The molecule has 0 spiro atoms. The van der Waals surface area contributed by atoms with Crippen LogP contribution in [0.2, 0.25) is 0 Å². The summed E-state index contributed by atoms with van der Waals surface area (Å²) < 4.78 is 21.7. The van der Waals surface area contributed by atoms with Gasteiger partial charge in [-0.15, -0.1) is 0 Å². The number of nitrogens with one attached hydrogen (secondary N) is 1. The monoisotopic (exact) mass is 265 g/mol. The van der Waals surface area contributed by atoms with Crippen molar-refractivity contribution in [1.29, 1.82) is 0 Å². The lowest BCUT2D eigenvalue weighted by Gasteiger charge is -2.16. The molecule has 0 radical (unpaired) electrons. The number of hydrogen-bond donors (Lipinski definition) is 2. The van der Waals surface area contributed by atoms with Crippen LogP contribution in [0.4, 0.5) is 0 Å². The Labute approximate surface area is 101 Å². The average Bonchev–Trinajstić information content (AvgIpc) is 2.11. The number of carboxylic acids is 1. The molecule has 0 aliphatic carbocycles. The van der Waals surface area contributed by atoms with Gasteiger partial charge in [0.15, 0.2) is 0 Å². The maximum Gasteiger partial charge on any atom is 0.326 e. The minimum absolute atomic E-state index is 0.131. The van der Waals surface area contributed by atoms with Gasteiger partial charge in [0.05, 0.1) is 5.75 Å². The number of rotatable bonds is 7. The summed E-state index contributed by atoms with van der Waals surface area (Å²) in [5.74, 6) is -1.80. The number of amides is 1. The molecule has 100 valence electrons. The summed E-state index contributed by atoms with van der Waals surface area (Å²) in [5, 5.41) is 11.2. The third kappa shape index (κ3) is 8.67. The van der Waals surface area contributed by atoms with E-state index in [1.54, 1.807) is 0 Å². The normalized spacial score (nSPS) is 13.4. The fraction of sp³-hybridized carbons (Fsp3) is 0.800. The van der Waals surface area contributed by atoms with Crippen LogP contribution in [-0.4, -0.2) is 43.5 Å². The Morgan fingerprint density at radius 2 is 1.82 bits per heavy atom. The van der Waals surface area contributed by atoms with Crippen LogP contribution in [0.5, 0.6) is 0 Å². The Bertz CT molecular complexity index is 374. The van der Waals surface area contributed by atoms with E-state index in [9.17, 15) is 18.0 Å². The molecule has 1 atom stereocenters. The van der Waals surface area contributed by atoms with E-state index in [2.05, 4.69) is 5.32 Å². The standard InChI is InChI=1S/C10H19NO5S/c1-7(2)6-8(10(13)14)11-9(12)4-5-17(3,15)16/h7-8H,4-6H2,1-3H3,(H,11,12)(H,13,14)/t8-/m1/s1. The number of sulfone groups is 1. The van der Waals surface area contributed by atoms with Crippen molar-refractivity contribution in [2.75, 3.05) is 12.0 Å². The number of carboxylic acid groups (broad SMARTS) is 1. The molecule has 0 bridgehead atoms. The van der Waals surface area contributed by atoms with Crippen molar-refractivity contribution in [2.24, 2.45) is 5.92 Å². The Morgan fingerprint density at radius 3 is 2.18 bits per heavy atom. The predicted octanol–water partition coefficient (Wildman–Crippen LogP) is 0.0366. The molecule has 0 unspecified atom stereocenters. The second kappa shape index (κ2) is 6.58. The SMILES string of the molecule is CC(C)C[C@@H](NC(=O)CCS(C)(=O)=O)C(=O)O. The van der Waals surface area contributed by atoms with Crippen LogP contribution >= 0.6 is 0 Å². The van der Waals surface area contributed by atoms with E-state index in [0.717, 1.165) is 6.26 Å². The molecule has 7 heteroatoms. The molecule has 0 heterocycles. The topological polar surface area (TPSA) is 101 Å². The van der Waals surface area contributed by atoms with Crippen LogP contribution in [0.3, 0.4) is 0 Å². The minimum atomic E-state index is -3.21. The van der Waals surface area contributed by atoms with Gasteiger partial charge in [0.25, 0.3) is 0 Å². The van der Waals surface area contributed by atoms with Gasteiger partial charge in [0.1, 0.15) is 15.9 Å². The van der Waals surface area contributed by atoms with Crippen molar-refractivity contribution in [3.63, 3.8) is 0 Å². The van der Waals surface area contributed by atoms with Gasteiger partial charge < -0.3 is 10.4 Å². The third-order valence-corrected chi connectivity index (χ3v) is 2.99. The zero-order valence-corrected chi connectivity index (χ0v) is 11.1. The summed E-state index contributed by atoms with van der Waals surface area (Å²) in [4.78, 5) is 22.2. The number of carbonyl (C=O) groups is 2. The molecule has 2 N–H and O–H groups in total. The van der Waals surface area contributed by atoms with Gasteiger partial charge >= 0.3 is 5.97 Å². The molecule has 6 nitrogen and oxygen atoms in total. The van der Waals surface area contributed by atoms with Crippen LogP contribution in [0, 0.1) is 5.92 Å². The molecular formula is C10H19NO5S. The number of aliphatic carboxylic acids is 1. The molecule has 0 aromatic rings. The van der Waals surface area contributed by atoms with Crippen molar-refractivity contribution in [3.05, 3.63) is 0 Å².